The van der Waals surface area contributed by atoms with Crippen molar-refractivity contribution in [1.82, 2.24) is 0 Å². The highest BCUT2D eigenvalue weighted by molar-refractivity contribution is 8.02. The fourth-order valence-corrected chi connectivity index (χ4v) is 2.93. The first-order valence-electron chi connectivity index (χ1n) is 5.78. The highest BCUT2D eigenvalue weighted by Gasteiger charge is 2.41. The molecule has 2 radical (unpaired) electrons. The van der Waals surface area contributed by atoms with E-state index in [1.807, 2.05) is 27.7 Å². The second-order valence-electron chi connectivity index (χ2n) is 4.66. The van der Waals surface area contributed by atoms with Gasteiger partial charge < -0.3 is 14.6 Å². The number of ether oxygens (including phenoxy) is 2. The maximum atomic E-state index is 9.92. The maximum absolute atomic E-state index is 9.92. The molecule has 1 fully saturated rings. The second kappa shape index (κ2) is 6.29. The van der Waals surface area contributed by atoms with Crippen molar-refractivity contribution in [3.63, 3.8) is 0 Å². The minimum Gasteiger partial charge on any atom is -0.390 e. The Morgan fingerprint density at radius 2 is 1.88 bits per heavy atom. The summed E-state index contributed by atoms with van der Waals surface area (Å²) in [6, 6.07) is 0. The zero-order valence-corrected chi connectivity index (χ0v) is 11.2. The van der Waals surface area contributed by atoms with Gasteiger partial charge in [0.25, 0.3) is 0 Å². The van der Waals surface area contributed by atoms with Gasteiger partial charge in [-0.15, -0.1) is 0 Å². The summed E-state index contributed by atoms with van der Waals surface area (Å²) in [6.07, 6.45) is -0.548. The molecule has 0 aromatic carbocycles. The fourth-order valence-electron chi connectivity index (χ4n) is 1.67. The zero-order chi connectivity index (χ0) is 12.3. The van der Waals surface area contributed by atoms with Crippen LogP contribution in [0.3, 0.4) is 0 Å². The van der Waals surface area contributed by atoms with Crippen LogP contribution in [-0.4, -0.2) is 54.4 Å². The largest absolute Gasteiger partial charge is 0.390 e. The SMILES string of the molecule is [B][C@@H]1S[C@H](COC(C)C)C(OC(C)C)C1O. The Bertz CT molecular complexity index is 213. The number of thioether (sulfide) groups is 1. The van der Waals surface area contributed by atoms with Gasteiger partial charge in [0.1, 0.15) is 0 Å². The second-order valence-corrected chi connectivity index (χ2v) is 6.08. The number of rotatable bonds is 5. The summed E-state index contributed by atoms with van der Waals surface area (Å²) in [4.78, 5) is 0. The molecule has 1 heterocycles. The van der Waals surface area contributed by atoms with Crippen molar-refractivity contribution >= 4 is 19.6 Å². The van der Waals surface area contributed by atoms with Crippen LogP contribution in [0.15, 0.2) is 0 Å². The molecule has 3 nitrogen and oxygen atoms in total. The van der Waals surface area contributed by atoms with Crippen LogP contribution in [0.5, 0.6) is 0 Å². The smallest absolute Gasteiger partial charge is 0.0981 e. The third-order valence-electron chi connectivity index (χ3n) is 2.39. The summed E-state index contributed by atoms with van der Waals surface area (Å²) in [5.74, 6) is 0. The lowest BCUT2D eigenvalue weighted by atomic mass is 9.94. The molecule has 2 unspecified atom stereocenters. The molecule has 0 bridgehead atoms. The Hall–Kier alpha value is 0.295. The molecule has 0 aromatic heterocycles. The van der Waals surface area contributed by atoms with E-state index in [0.29, 0.717) is 6.61 Å². The van der Waals surface area contributed by atoms with Crippen LogP contribution < -0.4 is 0 Å². The molecule has 0 saturated carbocycles. The molecule has 16 heavy (non-hydrogen) atoms. The lowest BCUT2D eigenvalue weighted by molar-refractivity contribution is -0.0654. The summed E-state index contributed by atoms with van der Waals surface area (Å²) in [7, 11) is 5.82. The number of hydrogen-bond acceptors (Lipinski definition) is 4. The Morgan fingerprint density at radius 1 is 1.25 bits per heavy atom. The highest BCUT2D eigenvalue weighted by atomic mass is 32.2. The van der Waals surface area contributed by atoms with Crippen LogP contribution in [0, 0.1) is 0 Å². The van der Waals surface area contributed by atoms with Crippen LogP contribution >= 0.6 is 11.8 Å². The summed E-state index contributed by atoms with van der Waals surface area (Å²) in [6.45, 7) is 8.48. The summed E-state index contributed by atoms with van der Waals surface area (Å²) >= 11 is 1.54. The molecular weight excluding hydrogens is 223 g/mol. The van der Waals surface area contributed by atoms with Crippen molar-refractivity contribution in [1.29, 1.82) is 0 Å². The van der Waals surface area contributed by atoms with Crippen molar-refractivity contribution in [3.8, 4) is 0 Å². The lowest BCUT2D eigenvalue weighted by Gasteiger charge is -2.24. The Kier molecular flexibility index (Phi) is 5.64. The Balaban J connectivity index is 2.52. The number of aliphatic hydroxyl groups is 1. The molecule has 1 aliphatic rings. The van der Waals surface area contributed by atoms with E-state index in [2.05, 4.69) is 0 Å². The molecule has 1 saturated heterocycles. The first-order valence-corrected chi connectivity index (χ1v) is 6.72. The van der Waals surface area contributed by atoms with Gasteiger partial charge in [0.15, 0.2) is 0 Å². The molecule has 1 aliphatic heterocycles. The number of aliphatic hydroxyl groups excluding tert-OH is 1. The van der Waals surface area contributed by atoms with Gasteiger partial charge in [0.05, 0.1) is 44.1 Å². The van der Waals surface area contributed by atoms with Gasteiger partial charge in [-0.25, -0.2) is 0 Å². The first-order chi connectivity index (χ1) is 7.41. The van der Waals surface area contributed by atoms with Crippen molar-refractivity contribution in [3.05, 3.63) is 0 Å². The third kappa shape index (κ3) is 3.95. The van der Waals surface area contributed by atoms with E-state index in [9.17, 15) is 5.11 Å². The van der Waals surface area contributed by atoms with Gasteiger partial charge in [-0.1, -0.05) is 0 Å². The third-order valence-corrected chi connectivity index (χ3v) is 3.74. The molecule has 0 aromatic rings. The van der Waals surface area contributed by atoms with E-state index < -0.39 is 6.10 Å². The maximum Gasteiger partial charge on any atom is 0.0981 e. The monoisotopic (exact) mass is 244 g/mol. The van der Waals surface area contributed by atoms with E-state index >= 15 is 0 Å². The Labute approximate surface area is 104 Å². The van der Waals surface area contributed by atoms with E-state index in [0.717, 1.165) is 0 Å². The summed E-state index contributed by atoms with van der Waals surface area (Å²) < 4.78 is 11.3. The molecule has 5 heteroatoms. The fraction of sp³-hybridized carbons (Fsp3) is 1.00. The summed E-state index contributed by atoms with van der Waals surface area (Å²) in [5.41, 5.74) is 0. The molecule has 4 atom stereocenters. The molecule has 1 rings (SSSR count). The molecular formula is C11H21BO3S. The van der Waals surface area contributed by atoms with E-state index in [1.165, 1.54) is 0 Å². The van der Waals surface area contributed by atoms with E-state index in [4.69, 9.17) is 17.3 Å². The topological polar surface area (TPSA) is 38.7 Å². The standard InChI is InChI=1S/C11H21BO3S/c1-6(2)14-5-8-10(15-7(3)4)9(13)11(12)16-8/h6-11,13H,5H2,1-4H3/t8-,9?,10?,11-/m1/s1. The summed E-state index contributed by atoms with van der Waals surface area (Å²) in [5, 5.41) is 9.76. The predicted molar refractivity (Wildman–Crippen MR) is 68.0 cm³/mol. The number of hydrogen-bond donors (Lipinski definition) is 1. The zero-order valence-electron chi connectivity index (χ0n) is 10.4. The van der Waals surface area contributed by atoms with Gasteiger partial charge in [-0.2, -0.15) is 11.8 Å². The Morgan fingerprint density at radius 3 is 2.38 bits per heavy atom. The van der Waals surface area contributed by atoms with Gasteiger partial charge in [-0.3, -0.25) is 0 Å². The van der Waals surface area contributed by atoms with Crippen LogP contribution in [0.4, 0.5) is 0 Å². The highest BCUT2D eigenvalue weighted by Crippen LogP contribution is 2.35. The van der Waals surface area contributed by atoms with Gasteiger partial charge in [0, 0.05) is 0 Å². The van der Waals surface area contributed by atoms with Crippen molar-refractivity contribution < 1.29 is 14.6 Å². The van der Waals surface area contributed by atoms with Gasteiger partial charge >= 0.3 is 0 Å². The molecule has 92 valence electrons. The normalized spacial score (nSPS) is 35.2. The minimum absolute atomic E-state index is 0.0899. The van der Waals surface area contributed by atoms with Crippen molar-refractivity contribution in [2.45, 2.75) is 62.5 Å². The molecule has 0 aliphatic carbocycles. The van der Waals surface area contributed by atoms with Crippen LogP contribution in [0.2, 0.25) is 0 Å². The average molecular weight is 244 g/mol. The van der Waals surface area contributed by atoms with Crippen LogP contribution in [0.1, 0.15) is 27.7 Å². The predicted octanol–water partition coefficient (Wildman–Crippen LogP) is 1.18. The lowest BCUT2D eigenvalue weighted by Crippen LogP contribution is -2.39. The quantitative estimate of drug-likeness (QED) is 0.737. The van der Waals surface area contributed by atoms with E-state index in [1.54, 1.807) is 11.8 Å². The average Bonchev–Trinajstić information content (AvgIpc) is 2.42. The van der Waals surface area contributed by atoms with E-state index in [-0.39, 0.29) is 28.7 Å². The van der Waals surface area contributed by atoms with Crippen LogP contribution in [-0.2, 0) is 9.47 Å². The minimum atomic E-state index is -0.604. The van der Waals surface area contributed by atoms with Crippen molar-refractivity contribution in [2.24, 2.45) is 0 Å². The molecule has 0 spiro atoms. The van der Waals surface area contributed by atoms with Gasteiger partial charge in [-0.05, 0) is 32.8 Å². The molecule has 0 amide bonds. The molecule has 1 N–H and O–H groups in total. The van der Waals surface area contributed by atoms with Gasteiger partial charge in [0.2, 0.25) is 0 Å². The van der Waals surface area contributed by atoms with Crippen molar-refractivity contribution in [2.75, 3.05) is 6.61 Å². The van der Waals surface area contributed by atoms with Crippen LogP contribution in [0.25, 0.3) is 0 Å². The first kappa shape index (κ1) is 14.4.